The maximum absolute atomic E-state index is 11.9. The normalized spacial score (nSPS) is 10.7. The van der Waals surface area contributed by atoms with Crippen molar-refractivity contribution in [1.82, 2.24) is 15.0 Å². The Hall–Kier alpha value is -2.42. The maximum atomic E-state index is 11.9. The Labute approximate surface area is 174 Å². The first-order chi connectivity index (χ1) is 13.4. The molecule has 2 aromatic heterocycles. The smallest absolute Gasteiger partial charge is 0.316 e. The molecule has 0 unspecified atom stereocenters. The third-order valence-electron chi connectivity index (χ3n) is 3.49. The highest BCUT2D eigenvalue weighted by molar-refractivity contribution is 7.99. The van der Waals surface area contributed by atoms with E-state index in [2.05, 4.69) is 20.3 Å². The number of para-hydroxylation sites is 2. The number of amides is 1. The molecule has 10 heteroatoms. The molecule has 144 valence electrons. The summed E-state index contributed by atoms with van der Waals surface area (Å²) in [7, 11) is 0. The second-order valence-electron chi connectivity index (χ2n) is 5.58. The van der Waals surface area contributed by atoms with Crippen LogP contribution in [0.5, 0.6) is 0 Å². The topological polar surface area (TPSA) is 94.1 Å². The summed E-state index contributed by atoms with van der Waals surface area (Å²) in [6, 6.07) is 8.91. The molecule has 0 saturated carbocycles. The van der Waals surface area contributed by atoms with E-state index in [0.29, 0.717) is 15.7 Å². The number of ether oxygens (including phenoxy) is 1. The van der Waals surface area contributed by atoms with E-state index in [4.69, 9.17) is 27.9 Å². The second-order valence-corrected chi connectivity index (χ2v) is 7.39. The van der Waals surface area contributed by atoms with Crippen molar-refractivity contribution in [3.05, 3.63) is 52.3 Å². The quantitative estimate of drug-likeness (QED) is 0.462. The molecule has 7 nitrogen and oxygen atoms in total. The molecular weight excluding hydrogens is 423 g/mol. The molecule has 1 amide bonds. The number of aromatic nitrogens is 3. The zero-order valence-corrected chi connectivity index (χ0v) is 16.9. The number of benzene rings is 1. The summed E-state index contributed by atoms with van der Waals surface area (Å²) in [5.41, 5.74) is 2.03. The first kappa shape index (κ1) is 20.3. The number of halogens is 2. The van der Waals surface area contributed by atoms with Crippen molar-refractivity contribution < 1.29 is 14.3 Å². The van der Waals surface area contributed by atoms with Crippen LogP contribution in [0.3, 0.4) is 0 Å². The van der Waals surface area contributed by atoms with Gasteiger partial charge in [-0.1, -0.05) is 47.1 Å². The van der Waals surface area contributed by atoms with Crippen LogP contribution >= 0.6 is 35.0 Å². The standard InChI is InChI=1S/C18H14Cl2N4O3S/c1-10-11(19)6-12(20)18(22-10)24-15(25)8-27-17(26)9-28-16-7-21-13-4-2-3-5-14(13)23-16/h2-7H,8-9H2,1H3,(H,22,24,25). The van der Waals surface area contributed by atoms with Crippen LogP contribution in [-0.2, 0) is 14.3 Å². The van der Waals surface area contributed by atoms with Gasteiger partial charge in [0.1, 0.15) is 5.03 Å². The molecule has 1 N–H and O–H groups in total. The van der Waals surface area contributed by atoms with Crippen LogP contribution in [0.4, 0.5) is 5.82 Å². The number of hydrogen-bond acceptors (Lipinski definition) is 7. The number of nitrogens with zero attached hydrogens (tertiary/aromatic N) is 3. The molecule has 0 saturated heterocycles. The molecule has 3 aromatic rings. The van der Waals surface area contributed by atoms with Gasteiger partial charge in [-0.3, -0.25) is 14.6 Å². The number of nitrogens with one attached hydrogen (secondary N) is 1. The average Bonchev–Trinajstić information content (AvgIpc) is 2.68. The summed E-state index contributed by atoms with van der Waals surface area (Å²) in [6.07, 6.45) is 1.59. The molecule has 0 fully saturated rings. The number of thioether (sulfide) groups is 1. The molecule has 0 aliphatic heterocycles. The zero-order chi connectivity index (χ0) is 20.1. The Kier molecular flexibility index (Phi) is 6.66. The molecular formula is C18H14Cl2N4O3S. The SMILES string of the molecule is Cc1nc(NC(=O)COC(=O)CSc2cnc3ccccc3n2)c(Cl)cc1Cl. The minimum atomic E-state index is -0.556. The minimum Gasteiger partial charge on any atom is -0.455 e. The van der Waals surface area contributed by atoms with Crippen LogP contribution < -0.4 is 5.32 Å². The highest BCUT2D eigenvalue weighted by atomic mass is 35.5. The number of aryl methyl sites for hydroxylation is 1. The fraction of sp³-hybridized carbons (Fsp3) is 0.167. The average molecular weight is 437 g/mol. The van der Waals surface area contributed by atoms with Gasteiger partial charge in [0, 0.05) is 0 Å². The fourth-order valence-corrected chi connectivity index (χ4v) is 3.19. The monoisotopic (exact) mass is 436 g/mol. The number of esters is 1. The largest absolute Gasteiger partial charge is 0.455 e. The van der Waals surface area contributed by atoms with Gasteiger partial charge in [-0.15, -0.1) is 0 Å². The number of pyridine rings is 1. The fourth-order valence-electron chi connectivity index (χ4n) is 2.14. The van der Waals surface area contributed by atoms with E-state index in [1.807, 2.05) is 24.3 Å². The number of carbonyl (C=O) groups excluding carboxylic acids is 2. The first-order valence-corrected chi connectivity index (χ1v) is 9.79. The summed E-state index contributed by atoms with van der Waals surface area (Å²) in [6.45, 7) is 1.23. The first-order valence-electron chi connectivity index (χ1n) is 8.05. The lowest BCUT2D eigenvalue weighted by Gasteiger charge is -2.09. The van der Waals surface area contributed by atoms with Gasteiger partial charge in [-0.2, -0.15) is 0 Å². The van der Waals surface area contributed by atoms with Gasteiger partial charge in [0.05, 0.1) is 38.7 Å². The Bertz CT molecular complexity index is 1050. The van der Waals surface area contributed by atoms with E-state index < -0.39 is 18.5 Å². The van der Waals surface area contributed by atoms with E-state index in [-0.39, 0.29) is 16.6 Å². The molecule has 28 heavy (non-hydrogen) atoms. The number of carbonyl (C=O) groups is 2. The molecule has 0 aliphatic carbocycles. The van der Waals surface area contributed by atoms with Gasteiger partial charge in [-0.05, 0) is 25.1 Å². The van der Waals surface area contributed by atoms with Crippen molar-refractivity contribution in [1.29, 1.82) is 0 Å². The van der Waals surface area contributed by atoms with Crippen molar-refractivity contribution in [3.8, 4) is 0 Å². The number of hydrogen-bond donors (Lipinski definition) is 1. The van der Waals surface area contributed by atoms with Crippen molar-refractivity contribution in [2.45, 2.75) is 11.9 Å². The molecule has 0 radical (unpaired) electrons. The Morgan fingerprint density at radius 2 is 1.89 bits per heavy atom. The number of anilines is 1. The van der Waals surface area contributed by atoms with Gasteiger partial charge in [-0.25, -0.2) is 9.97 Å². The van der Waals surface area contributed by atoms with Crippen LogP contribution in [0.25, 0.3) is 11.0 Å². The van der Waals surface area contributed by atoms with E-state index in [0.717, 1.165) is 11.0 Å². The number of rotatable bonds is 6. The highest BCUT2D eigenvalue weighted by Crippen LogP contribution is 2.25. The van der Waals surface area contributed by atoms with Crippen molar-refractivity contribution in [2.75, 3.05) is 17.7 Å². The summed E-state index contributed by atoms with van der Waals surface area (Å²) in [5.74, 6) is -0.953. The molecule has 0 atom stereocenters. The Morgan fingerprint density at radius 1 is 1.14 bits per heavy atom. The molecule has 1 aromatic carbocycles. The van der Waals surface area contributed by atoms with Crippen molar-refractivity contribution in [3.63, 3.8) is 0 Å². The molecule has 0 bridgehead atoms. The van der Waals surface area contributed by atoms with Gasteiger partial charge in [0.2, 0.25) is 0 Å². The van der Waals surface area contributed by atoms with E-state index in [9.17, 15) is 9.59 Å². The lowest BCUT2D eigenvalue weighted by atomic mass is 10.3. The van der Waals surface area contributed by atoms with Crippen LogP contribution in [0.15, 0.2) is 41.6 Å². The van der Waals surface area contributed by atoms with Crippen LogP contribution in [-0.4, -0.2) is 39.2 Å². The second kappa shape index (κ2) is 9.18. The molecule has 0 aliphatic rings. The van der Waals surface area contributed by atoms with Gasteiger partial charge >= 0.3 is 5.97 Å². The molecule has 2 heterocycles. The predicted octanol–water partition coefficient (Wildman–Crippen LogP) is 3.91. The third kappa shape index (κ3) is 5.31. The third-order valence-corrected chi connectivity index (χ3v) is 5.03. The van der Waals surface area contributed by atoms with Crippen LogP contribution in [0, 0.1) is 6.92 Å². The maximum Gasteiger partial charge on any atom is 0.316 e. The predicted molar refractivity (Wildman–Crippen MR) is 109 cm³/mol. The summed E-state index contributed by atoms with van der Waals surface area (Å²) >= 11 is 13.1. The van der Waals surface area contributed by atoms with Gasteiger partial charge < -0.3 is 10.1 Å². The molecule has 0 spiro atoms. The summed E-state index contributed by atoms with van der Waals surface area (Å²) in [5, 5.41) is 3.66. The summed E-state index contributed by atoms with van der Waals surface area (Å²) < 4.78 is 4.96. The zero-order valence-electron chi connectivity index (χ0n) is 14.6. The highest BCUT2D eigenvalue weighted by Gasteiger charge is 2.13. The molecule has 3 rings (SSSR count). The van der Waals surface area contributed by atoms with Crippen LogP contribution in [0.1, 0.15) is 5.69 Å². The minimum absolute atomic E-state index is 0.000635. The van der Waals surface area contributed by atoms with Gasteiger partial charge in [0.15, 0.2) is 12.4 Å². The summed E-state index contributed by atoms with van der Waals surface area (Å²) in [4.78, 5) is 36.6. The van der Waals surface area contributed by atoms with E-state index >= 15 is 0 Å². The Morgan fingerprint density at radius 3 is 2.68 bits per heavy atom. The van der Waals surface area contributed by atoms with E-state index in [1.165, 1.54) is 17.8 Å². The lowest BCUT2D eigenvalue weighted by Crippen LogP contribution is -2.22. The van der Waals surface area contributed by atoms with Crippen LogP contribution in [0.2, 0.25) is 10.0 Å². The number of fused-ring (bicyclic) bond motifs is 1. The van der Waals surface area contributed by atoms with Crippen molar-refractivity contribution >= 4 is 63.7 Å². The Balaban J connectivity index is 1.48. The van der Waals surface area contributed by atoms with Crippen molar-refractivity contribution in [2.24, 2.45) is 0 Å². The van der Waals surface area contributed by atoms with E-state index in [1.54, 1.807) is 13.1 Å². The van der Waals surface area contributed by atoms with Gasteiger partial charge in [0.25, 0.3) is 5.91 Å². The lowest BCUT2D eigenvalue weighted by molar-refractivity contribution is -0.144.